The molecule has 0 atom stereocenters. The van der Waals surface area contributed by atoms with Crippen molar-refractivity contribution in [2.24, 2.45) is 0 Å². The highest BCUT2D eigenvalue weighted by molar-refractivity contribution is 7.98. The summed E-state index contributed by atoms with van der Waals surface area (Å²) < 4.78 is 10.1. The van der Waals surface area contributed by atoms with Gasteiger partial charge in [-0.2, -0.15) is 11.8 Å². The molecule has 0 aliphatic rings. The van der Waals surface area contributed by atoms with E-state index in [4.69, 9.17) is 4.74 Å². The van der Waals surface area contributed by atoms with Gasteiger partial charge in [-0.05, 0) is 25.3 Å². The van der Waals surface area contributed by atoms with Gasteiger partial charge in [-0.1, -0.05) is 0 Å². The first kappa shape index (κ1) is 13.3. The van der Waals surface area contributed by atoms with Crippen LogP contribution in [0.3, 0.4) is 0 Å². The quantitative estimate of drug-likeness (QED) is 0.774. The fourth-order valence-electron chi connectivity index (χ4n) is 2.43. The summed E-state index contributed by atoms with van der Waals surface area (Å²) >= 11 is 1.88. The standard InChI is InChI=1S/C14H21N2OS/c1-5-15-11(2)16(8-9-18-4)13-7-6-12(17-3)10-14(13)15/h6-7,10H,5,8-9H2,1-4H3/q+1. The molecule has 0 saturated carbocycles. The van der Waals surface area contributed by atoms with Crippen LogP contribution in [0.25, 0.3) is 11.0 Å². The van der Waals surface area contributed by atoms with E-state index in [2.05, 4.69) is 41.4 Å². The third-order valence-electron chi connectivity index (χ3n) is 3.38. The van der Waals surface area contributed by atoms with Crippen molar-refractivity contribution in [3.63, 3.8) is 0 Å². The first-order valence-corrected chi connectivity index (χ1v) is 7.68. The molecule has 2 rings (SSSR count). The van der Waals surface area contributed by atoms with Crippen LogP contribution in [0.1, 0.15) is 12.7 Å². The summed E-state index contributed by atoms with van der Waals surface area (Å²) in [6.45, 7) is 6.42. The van der Waals surface area contributed by atoms with Gasteiger partial charge in [-0.3, -0.25) is 0 Å². The van der Waals surface area contributed by atoms with Gasteiger partial charge in [0.05, 0.1) is 20.2 Å². The maximum atomic E-state index is 5.33. The highest BCUT2D eigenvalue weighted by Gasteiger charge is 2.20. The number of nitrogens with zero attached hydrogens (tertiary/aromatic N) is 2. The largest absolute Gasteiger partial charge is 0.497 e. The molecule has 0 fully saturated rings. The summed E-state index contributed by atoms with van der Waals surface area (Å²) in [6.07, 6.45) is 2.15. The van der Waals surface area contributed by atoms with Crippen LogP contribution in [0.5, 0.6) is 5.75 Å². The van der Waals surface area contributed by atoms with Gasteiger partial charge >= 0.3 is 0 Å². The predicted octanol–water partition coefficient (Wildman–Crippen LogP) is 2.63. The van der Waals surface area contributed by atoms with Crippen molar-refractivity contribution in [3.05, 3.63) is 24.0 Å². The number of hydrogen-bond acceptors (Lipinski definition) is 2. The molecule has 1 heterocycles. The molecule has 0 aliphatic carbocycles. The average Bonchev–Trinajstić information content (AvgIpc) is 2.66. The van der Waals surface area contributed by atoms with E-state index < -0.39 is 0 Å². The highest BCUT2D eigenvalue weighted by Crippen LogP contribution is 2.20. The Morgan fingerprint density at radius 3 is 2.78 bits per heavy atom. The Labute approximate surface area is 113 Å². The lowest BCUT2D eigenvalue weighted by molar-refractivity contribution is -0.673. The molecule has 4 heteroatoms. The number of rotatable bonds is 5. The van der Waals surface area contributed by atoms with Gasteiger partial charge in [-0.25, -0.2) is 9.13 Å². The maximum absolute atomic E-state index is 5.33. The molecule has 0 radical (unpaired) electrons. The smallest absolute Gasteiger partial charge is 0.254 e. The van der Waals surface area contributed by atoms with Crippen molar-refractivity contribution < 1.29 is 9.30 Å². The van der Waals surface area contributed by atoms with Gasteiger partial charge in [0, 0.05) is 18.7 Å². The zero-order chi connectivity index (χ0) is 13.1. The van der Waals surface area contributed by atoms with Crippen LogP contribution in [-0.4, -0.2) is 23.7 Å². The molecule has 0 saturated heterocycles. The number of aromatic nitrogens is 2. The molecule has 0 spiro atoms. The Morgan fingerprint density at radius 1 is 1.39 bits per heavy atom. The average molecular weight is 265 g/mol. The minimum Gasteiger partial charge on any atom is -0.497 e. The molecule has 1 aromatic heterocycles. The number of ether oxygens (including phenoxy) is 1. The molecule has 3 nitrogen and oxygen atoms in total. The number of hydrogen-bond donors (Lipinski definition) is 0. The second kappa shape index (κ2) is 5.65. The summed E-state index contributed by atoms with van der Waals surface area (Å²) in [5.41, 5.74) is 2.56. The van der Waals surface area contributed by atoms with Crippen molar-refractivity contribution in [3.8, 4) is 5.75 Å². The minimum absolute atomic E-state index is 0.923. The Bertz CT molecular complexity index is 548. The fraction of sp³-hybridized carbons (Fsp3) is 0.500. The van der Waals surface area contributed by atoms with Crippen LogP contribution in [0.2, 0.25) is 0 Å². The first-order valence-electron chi connectivity index (χ1n) is 6.28. The molecular weight excluding hydrogens is 244 g/mol. The zero-order valence-corrected chi connectivity index (χ0v) is 12.4. The van der Waals surface area contributed by atoms with Crippen molar-refractivity contribution >= 4 is 22.8 Å². The molecule has 0 bridgehead atoms. The number of aryl methyl sites for hydroxylation is 2. The van der Waals surface area contributed by atoms with Gasteiger partial charge in [0.1, 0.15) is 5.75 Å². The minimum atomic E-state index is 0.923. The number of methoxy groups -OCH3 is 1. The summed E-state index contributed by atoms with van der Waals surface area (Å²) in [4.78, 5) is 0. The Kier molecular flexibility index (Phi) is 4.17. The van der Waals surface area contributed by atoms with Gasteiger partial charge in [0.25, 0.3) is 5.82 Å². The SMILES string of the molecule is CCn1c(C)[n+](CCSC)c2ccc(OC)cc21. The normalized spacial score (nSPS) is 11.1. The molecule has 98 valence electrons. The molecule has 0 unspecified atom stereocenters. The number of benzene rings is 1. The number of fused-ring (bicyclic) bond motifs is 1. The van der Waals surface area contributed by atoms with E-state index in [0.717, 1.165) is 24.6 Å². The Morgan fingerprint density at radius 2 is 2.17 bits per heavy atom. The summed E-state index contributed by atoms with van der Waals surface area (Å²) in [5, 5.41) is 0. The zero-order valence-electron chi connectivity index (χ0n) is 11.6. The molecule has 0 N–H and O–H groups in total. The molecule has 2 aromatic rings. The predicted molar refractivity (Wildman–Crippen MR) is 77.5 cm³/mol. The van der Waals surface area contributed by atoms with Crippen LogP contribution in [0, 0.1) is 6.92 Å². The maximum Gasteiger partial charge on any atom is 0.254 e. The van der Waals surface area contributed by atoms with E-state index >= 15 is 0 Å². The van der Waals surface area contributed by atoms with Gasteiger partial charge in [0.2, 0.25) is 0 Å². The number of imidazole rings is 1. The first-order chi connectivity index (χ1) is 8.72. The molecule has 18 heavy (non-hydrogen) atoms. The van der Waals surface area contributed by atoms with E-state index in [0.29, 0.717) is 0 Å². The summed E-state index contributed by atoms with van der Waals surface area (Å²) in [7, 11) is 1.72. The van der Waals surface area contributed by atoms with E-state index in [1.807, 2.05) is 17.8 Å². The Balaban J connectivity index is 2.60. The van der Waals surface area contributed by atoms with Crippen molar-refractivity contribution in [2.45, 2.75) is 26.9 Å². The second-order valence-corrected chi connectivity index (χ2v) is 5.28. The third-order valence-corrected chi connectivity index (χ3v) is 3.97. The molecule has 0 amide bonds. The molecule has 0 aliphatic heterocycles. The molecular formula is C14H21N2OS+. The van der Waals surface area contributed by atoms with Crippen molar-refractivity contribution in [1.29, 1.82) is 0 Å². The number of thioether (sulfide) groups is 1. The lowest BCUT2D eigenvalue weighted by Gasteiger charge is -1.99. The second-order valence-electron chi connectivity index (χ2n) is 4.29. The van der Waals surface area contributed by atoms with Gasteiger partial charge in [0.15, 0.2) is 11.0 Å². The summed E-state index contributed by atoms with van der Waals surface area (Å²) in [5.74, 6) is 3.38. The van der Waals surface area contributed by atoms with Crippen LogP contribution in [0.4, 0.5) is 0 Å². The van der Waals surface area contributed by atoms with E-state index in [-0.39, 0.29) is 0 Å². The van der Waals surface area contributed by atoms with Gasteiger partial charge < -0.3 is 4.74 Å². The lowest BCUT2D eigenvalue weighted by atomic mass is 10.3. The van der Waals surface area contributed by atoms with Crippen molar-refractivity contribution in [2.75, 3.05) is 19.1 Å². The van der Waals surface area contributed by atoms with Gasteiger partial charge in [-0.15, -0.1) is 0 Å². The van der Waals surface area contributed by atoms with E-state index in [9.17, 15) is 0 Å². The lowest BCUT2D eigenvalue weighted by Crippen LogP contribution is -2.37. The monoisotopic (exact) mass is 265 g/mol. The van der Waals surface area contributed by atoms with E-state index in [1.165, 1.54) is 16.9 Å². The van der Waals surface area contributed by atoms with Crippen molar-refractivity contribution in [1.82, 2.24) is 4.57 Å². The summed E-state index contributed by atoms with van der Waals surface area (Å²) in [6, 6.07) is 6.33. The topological polar surface area (TPSA) is 18.0 Å². The highest BCUT2D eigenvalue weighted by atomic mass is 32.2. The molecule has 1 aromatic carbocycles. The van der Waals surface area contributed by atoms with Crippen LogP contribution in [0.15, 0.2) is 18.2 Å². The third kappa shape index (κ3) is 2.21. The Hall–Kier alpha value is -1.16. The van der Waals surface area contributed by atoms with Crippen LogP contribution < -0.4 is 9.30 Å². The van der Waals surface area contributed by atoms with E-state index in [1.54, 1.807) is 7.11 Å². The van der Waals surface area contributed by atoms with Crippen LogP contribution in [-0.2, 0) is 13.1 Å². The van der Waals surface area contributed by atoms with Crippen LogP contribution >= 0.6 is 11.8 Å². The fourth-order valence-corrected chi connectivity index (χ4v) is 2.80.